The van der Waals surface area contributed by atoms with E-state index in [-0.39, 0.29) is 23.5 Å². The summed E-state index contributed by atoms with van der Waals surface area (Å²) in [5, 5.41) is 25.2. The SMILES string of the molecule is CCOc1cc([C@H]2[C@H]([N+](=O)[O-])[C@]3(C(=O)Nc4ccccc43)N3CCC[C@@H]23)ccc1OCc1ccccc1C#N. The third-order valence-electron chi connectivity index (χ3n) is 8.27. The molecule has 39 heavy (non-hydrogen) atoms. The number of nitrogens with one attached hydrogen (secondary N) is 1. The molecule has 3 aromatic carbocycles. The largest absolute Gasteiger partial charge is 0.490 e. The molecule has 2 saturated heterocycles. The lowest BCUT2D eigenvalue weighted by atomic mass is 9.77. The number of carbonyl (C=O) groups is 1. The molecular formula is C30H28N4O5. The third-order valence-corrected chi connectivity index (χ3v) is 8.27. The molecule has 6 rings (SSSR count). The zero-order valence-corrected chi connectivity index (χ0v) is 21.5. The molecule has 198 valence electrons. The molecule has 4 atom stereocenters. The molecule has 0 saturated carbocycles. The minimum Gasteiger partial charge on any atom is -0.490 e. The fourth-order valence-electron chi connectivity index (χ4n) is 6.81. The van der Waals surface area contributed by atoms with Crippen LogP contribution >= 0.6 is 0 Å². The topological polar surface area (TPSA) is 118 Å². The van der Waals surface area contributed by atoms with Crippen molar-refractivity contribution in [3.05, 3.63) is 99.1 Å². The van der Waals surface area contributed by atoms with Crippen LogP contribution in [-0.2, 0) is 16.9 Å². The highest BCUT2D eigenvalue weighted by Crippen LogP contribution is 2.58. The number of nitro groups is 1. The first-order chi connectivity index (χ1) is 19.0. The van der Waals surface area contributed by atoms with Gasteiger partial charge in [-0.2, -0.15) is 5.26 Å². The molecule has 0 aliphatic carbocycles. The van der Waals surface area contributed by atoms with E-state index in [1.807, 2.05) is 49.4 Å². The van der Waals surface area contributed by atoms with E-state index in [9.17, 15) is 20.2 Å². The van der Waals surface area contributed by atoms with Gasteiger partial charge in [-0.15, -0.1) is 0 Å². The predicted octanol–water partition coefficient (Wildman–Crippen LogP) is 4.59. The molecule has 3 aromatic rings. The van der Waals surface area contributed by atoms with E-state index in [2.05, 4.69) is 16.3 Å². The zero-order chi connectivity index (χ0) is 27.1. The van der Waals surface area contributed by atoms with Crippen molar-refractivity contribution in [3.8, 4) is 17.6 Å². The quantitative estimate of drug-likeness (QED) is 0.355. The Morgan fingerprint density at radius 3 is 2.72 bits per heavy atom. The molecule has 0 aromatic heterocycles. The zero-order valence-electron chi connectivity index (χ0n) is 21.5. The van der Waals surface area contributed by atoms with Crippen LogP contribution in [0.1, 0.15) is 47.9 Å². The molecule has 1 N–H and O–H groups in total. The van der Waals surface area contributed by atoms with E-state index in [1.54, 1.807) is 24.3 Å². The van der Waals surface area contributed by atoms with Crippen molar-refractivity contribution in [3.63, 3.8) is 0 Å². The Labute approximate surface area is 226 Å². The summed E-state index contributed by atoms with van der Waals surface area (Å²) in [5.74, 6) is 0.118. The van der Waals surface area contributed by atoms with Gasteiger partial charge in [-0.05, 0) is 49.6 Å². The highest BCUT2D eigenvalue weighted by molar-refractivity contribution is 6.07. The van der Waals surface area contributed by atoms with Crippen LogP contribution in [0.15, 0.2) is 66.7 Å². The number of amides is 1. The van der Waals surface area contributed by atoms with E-state index in [1.165, 1.54) is 0 Å². The van der Waals surface area contributed by atoms with Crippen molar-refractivity contribution in [2.24, 2.45) is 0 Å². The summed E-state index contributed by atoms with van der Waals surface area (Å²) in [5.41, 5.74) is 1.98. The van der Waals surface area contributed by atoms with E-state index in [0.29, 0.717) is 41.5 Å². The van der Waals surface area contributed by atoms with E-state index >= 15 is 0 Å². The third kappa shape index (κ3) is 3.74. The Balaban J connectivity index is 1.41. The van der Waals surface area contributed by atoms with Crippen LogP contribution < -0.4 is 14.8 Å². The van der Waals surface area contributed by atoms with Gasteiger partial charge in [0.2, 0.25) is 0 Å². The van der Waals surface area contributed by atoms with Crippen LogP contribution in [0, 0.1) is 21.4 Å². The Morgan fingerprint density at radius 2 is 1.92 bits per heavy atom. The van der Waals surface area contributed by atoms with Gasteiger partial charge in [-0.1, -0.05) is 42.5 Å². The smallest absolute Gasteiger partial charge is 0.256 e. The Bertz CT molecular complexity index is 1500. The normalized spacial score (nSPS) is 25.1. The number of para-hydroxylation sites is 1. The molecule has 3 heterocycles. The van der Waals surface area contributed by atoms with Gasteiger partial charge in [0, 0.05) is 34.3 Å². The lowest BCUT2D eigenvalue weighted by molar-refractivity contribution is -0.534. The number of hydrogen-bond acceptors (Lipinski definition) is 7. The second kappa shape index (κ2) is 9.71. The number of fused-ring (bicyclic) bond motifs is 4. The van der Waals surface area contributed by atoms with Crippen LogP contribution in [0.25, 0.3) is 0 Å². The van der Waals surface area contributed by atoms with Gasteiger partial charge in [-0.3, -0.25) is 19.8 Å². The summed E-state index contributed by atoms with van der Waals surface area (Å²) in [6, 6.07) is 20.8. The first kappa shape index (κ1) is 24.9. The first-order valence-electron chi connectivity index (χ1n) is 13.2. The maximum Gasteiger partial charge on any atom is 0.256 e. The molecule has 3 aliphatic heterocycles. The monoisotopic (exact) mass is 524 g/mol. The molecule has 9 nitrogen and oxygen atoms in total. The Kier molecular flexibility index (Phi) is 6.20. The number of nitriles is 1. The summed E-state index contributed by atoms with van der Waals surface area (Å²) < 4.78 is 12.0. The molecule has 9 heteroatoms. The predicted molar refractivity (Wildman–Crippen MR) is 143 cm³/mol. The molecule has 0 radical (unpaired) electrons. The summed E-state index contributed by atoms with van der Waals surface area (Å²) in [4.78, 5) is 28.3. The number of ether oxygens (including phenoxy) is 2. The van der Waals surface area contributed by atoms with Crippen molar-refractivity contribution >= 4 is 11.6 Å². The average molecular weight is 525 g/mol. The number of benzene rings is 3. The maximum atomic E-state index is 13.7. The summed E-state index contributed by atoms with van der Waals surface area (Å²) in [6.45, 7) is 3.04. The number of hydrogen-bond donors (Lipinski definition) is 1. The van der Waals surface area contributed by atoms with Gasteiger partial charge in [0.15, 0.2) is 17.0 Å². The van der Waals surface area contributed by atoms with Crippen molar-refractivity contribution < 1.29 is 19.2 Å². The molecule has 0 unspecified atom stereocenters. The molecular weight excluding hydrogens is 496 g/mol. The standard InChI is InChI=1S/C30H28N4O5/c1-2-38-26-16-19(13-14-25(26)39-18-21-9-4-3-8-20(21)17-31)27-24-12-7-15-33(24)30(28(27)34(36)37)22-10-5-6-11-23(22)32-29(30)35/h3-6,8-11,13-14,16,24,27-28H,2,7,12,15,18H2,1H3,(H,32,35)/t24-,27+,28-,30+/m0/s1. The highest BCUT2D eigenvalue weighted by Gasteiger charge is 2.73. The van der Waals surface area contributed by atoms with Gasteiger partial charge >= 0.3 is 0 Å². The molecule has 2 fully saturated rings. The number of nitrogens with zero attached hydrogens (tertiary/aromatic N) is 3. The Morgan fingerprint density at radius 1 is 1.13 bits per heavy atom. The maximum absolute atomic E-state index is 13.7. The number of rotatable bonds is 7. The lowest BCUT2D eigenvalue weighted by Gasteiger charge is -2.32. The van der Waals surface area contributed by atoms with E-state index < -0.39 is 17.5 Å². The van der Waals surface area contributed by atoms with Crippen molar-refractivity contribution in [1.82, 2.24) is 4.90 Å². The minimum absolute atomic E-state index is 0.166. The van der Waals surface area contributed by atoms with Gasteiger partial charge in [0.05, 0.1) is 24.2 Å². The molecule has 1 amide bonds. The molecule has 0 bridgehead atoms. The van der Waals surface area contributed by atoms with Crippen LogP contribution in [0.5, 0.6) is 11.5 Å². The van der Waals surface area contributed by atoms with Crippen molar-refractivity contribution in [2.45, 2.75) is 49.9 Å². The summed E-state index contributed by atoms with van der Waals surface area (Å²) in [7, 11) is 0. The highest BCUT2D eigenvalue weighted by atomic mass is 16.6. The number of anilines is 1. The van der Waals surface area contributed by atoms with Crippen LogP contribution in [0.3, 0.4) is 0 Å². The van der Waals surface area contributed by atoms with Gasteiger partial charge in [0.1, 0.15) is 6.61 Å². The summed E-state index contributed by atoms with van der Waals surface area (Å²) >= 11 is 0. The fraction of sp³-hybridized carbons (Fsp3) is 0.333. The van der Waals surface area contributed by atoms with Crippen LogP contribution in [0.4, 0.5) is 5.69 Å². The minimum atomic E-state index is -1.37. The number of carbonyl (C=O) groups excluding carboxylic acids is 1. The van der Waals surface area contributed by atoms with Crippen LogP contribution in [-0.4, -0.2) is 41.0 Å². The van der Waals surface area contributed by atoms with Crippen molar-refractivity contribution in [2.75, 3.05) is 18.5 Å². The van der Waals surface area contributed by atoms with E-state index in [0.717, 1.165) is 24.0 Å². The van der Waals surface area contributed by atoms with Crippen molar-refractivity contribution in [1.29, 1.82) is 5.26 Å². The van der Waals surface area contributed by atoms with Gasteiger partial charge < -0.3 is 14.8 Å². The average Bonchev–Trinajstić information content (AvgIpc) is 3.61. The second-order valence-corrected chi connectivity index (χ2v) is 10.1. The van der Waals surface area contributed by atoms with E-state index in [4.69, 9.17) is 9.47 Å². The lowest BCUT2D eigenvalue weighted by Crippen LogP contribution is -2.55. The van der Waals surface area contributed by atoms with Gasteiger partial charge in [-0.25, -0.2) is 0 Å². The molecule has 3 aliphatic rings. The van der Waals surface area contributed by atoms with Gasteiger partial charge in [0.25, 0.3) is 11.9 Å². The first-order valence-corrected chi connectivity index (χ1v) is 13.2. The fourth-order valence-corrected chi connectivity index (χ4v) is 6.81. The summed E-state index contributed by atoms with van der Waals surface area (Å²) in [6.07, 6.45) is 1.62. The second-order valence-electron chi connectivity index (χ2n) is 10.1. The molecule has 1 spiro atoms. The Hall–Kier alpha value is -4.42. The van der Waals surface area contributed by atoms with Crippen LogP contribution in [0.2, 0.25) is 0 Å².